The highest BCUT2D eigenvalue weighted by Gasteiger charge is 2.36. The standard InChI is InChI=1S/C19H25BrN4O3S2/c1-19(2,26)14-9-22-18(28-14)29(21,27)24-17(25)23-16-12-7-3-5-10(12)15(20)11-6-4-8-13(11)16/h14,26H,3-9H2,1-2H3,(H3,21,23,24,25,27). The van der Waals surface area contributed by atoms with E-state index in [0.29, 0.717) is 6.54 Å². The van der Waals surface area contributed by atoms with Gasteiger partial charge in [0.25, 0.3) is 0 Å². The van der Waals surface area contributed by atoms with Crippen LogP contribution in [0.1, 0.15) is 48.9 Å². The van der Waals surface area contributed by atoms with Gasteiger partial charge in [0.05, 0.1) is 17.4 Å². The summed E-state index contributed by atoms with van der Waals surface area (Å²) in [6.07, 6.45) is 5.90. The van der Waals surface area contributed by atoms with Crippen molar-refractivity contribution in [2.24, 2.45) is 14.5 Å². The van der Waals surface area contributed by atoms with Gasteiger partial charge in [-0.15, -0.1) is 4.36 Å². The van der Waals surface area contributed by atoms with Crippen LogP contribution < -0.4 is 10.5 Å². The summed E-state index contributed by atoms with van der Waals surface area (Å²) in [6.45, 7) is 3.63. The predicted octanol–water partition coefficient (Wildman–Crippen LogP) is 3.54. The van der Waals surface area contributed by atoms with E-state index in [0.717, 1.165) is 67.1 Å². The zero-order chi connectivity index (χ0) is 21.0. The van der Waals surface area contributed by atoms with Crippen LogP contribution in [0.5, 0.6) is 0 Å². The van der Waals surface area contributed by atoms with Gasteiger partial charge in [-0.3, -0.25) is 4.99 Å². The number of nitrogens with two attached hydrogens (primary N) is 1. The molecular weight excluding hydrogens is 476 g/mol. The number of carbonyl (C=O) groups is 1. The van der Waals surface area contributed by atoms with Gasteiger partial charge >= 0.3 is 6.03 Å². The van der Waals surface area contributed by atoms with Crippen molar-refractivity contribution in [3.05, 3.63) is 26.7 Å². The van der Waals surface area contributed by atoms with Gasteiger partial charge in [0, 0.05) is 10.2 Å². The molecule has 4 rings (SSSR count). The van der Waals surface area contributed by atoms with E-state index in [2.05, 4.69) is 30.6 Å². The molecule has 3 aliphatic rings. The van der Waals surface area contributed by atoms with Gasteiger partial charge in [-0.2, -0.15) is 0 Å². The number of rotatable bonds is 2. The third-order valence-electron chi connectivity index (χ3n) is 5.69. The van der Waals surface area contributed by atoms with Crippen LogP contribution >= 0.6 is 27.7 Å². The lowest BCUT2D eigenvalue weighted by molar-refractivity contribution is 0.0809. The Balaban J connectivity index is 1.61. The van der Waals surface area contributed by atoms with Gasteiger partial charge in [-0.05, 0) is 74.6 Å². The lowest BCUT2D eigenvalue weighted by Crippen LogP contribution is -2.34. The van der Waals surface area contributed by atoms with Crippen LogP contribution in [-0.2, 0) is 35.6 Å². The molecule has 1 aliphatic heterocycles. The minimum absolute atomic E-state index is 0.117. The van der Waals surface area contributed by atoms with Gasteiger partial charge in [0.2, 0.25) is 0 Å². The van der Waals surface area contributed by atoms with Gasteiger partial charge < -0.3 is 10.4 Å². The quantitative estimate of drug-likeness (QED) is 0.575. The molecule has 0 aromatic heterocycles. The fourth-order valence-electron chi connectivity index (χ4n) is 4.21. The molecule has 10 heteroatoms. The minimum Gasteiger partial charge on any atom is -0.389 e. The molecule has 0 saturated carbocycles. The molecule has 29 heavy (non-hydrogen) atoms. The van der Waals surface area contributed by atoms with Crippen LogP contribution in [0.15, 0.2) is 13.8 Å². The summed E-state index contributed by atoms with van der Waals surface area (Å²) in [4.78, 5) is 16.9. The Morgan fingerprint density at radius 1 is 1.24 bits per heavy atom. The SMILES string of the molecule is CC(C)(O)C1CN=C(S(N)(=O)=NC(=O)Nc2c3c(c(Br)c4c2CCC4)CCC3)S1. The van der Waals surface area contributed by atoms with Crippen molar-refractivity contribution in [1.82, 2.24) is 0 Å². The fourth-order valence-corrected chi connectivity index (χ4v) is 7.56. The second kappa shape index (κ2) is 7.64. The minimum atomic E-state index is -3.45. The number of hydrogen-bond acceptors (Lipinski definition) is 5. The number of aliphatic hydroxyl groups is 1. The number of nitrogens with one attached hydrogen (secondary N) is 1. The highest BCUT2D eigenvalue weighted by molar-refractivity contribution is 9.10. The highest BCUT2D eigenvalue weighted by atomic mass is 79.9. The van der Waals surface area contributed by atoms with E-state index in [1.807, 2.05) is 0 Å². The van der Waals surface area contributed by atoms with Crippen LogP contribution in [-0.4, -0.2) is 37.1 Å². The predicted molar refractivity (Wildman–Crippen MR) is 122 cm³/mol. The molecule has 7 nitrogen and oxygen atoms in total. The Hall–Kier alpha value is -0.940. The molecule has 1 aromatic rings. The Morgan fingerprint density at radius 2 is 1.79 bits per heavy atom. The number of anilines is 1. The molecular formula is C19H25BrN4O3S2. The lowest BCUT2D eigenvalue weighted by Gasteiger charge is -2.23. The van der Waals surface area contributed by atoms with Gasteiger partial charge in [0.1, 0.15) is 0 Å². The van der Waals surface area contributed by atoms with Crippen molar-refractivity contribution < 1.29 is 14.1 Å². The number of carbonyl (C=O) groups excluding carboxylic acids is 1. The van der Waals surface area contributed by atoms with Crippen LogP contribution in [0.4, 0.5) is 10.5 Å². The van der Waals surface area contributed by atoms with Gasteiger partial charge in [0.15, 0.2) is 14.3 Å². The number of amides is 2. The summed E-state index contributed by atoms with van der Waals surface area (Å²) < 4.78 is 18.0. The number of aliphatic imine (C=N–C) groups is 1. The van der Waals surface area contributed by atoms with Crippen molar-refractivity contribution in [2.45, 2.75) is 63.2 Å². The summed E-state index contributed by atoms with van der Waals surface area (Å²) in [5.74, 6) is 0. The second-order valence-corrected chi connectivity index (χ2v) is 12.2. The molecule has 0 fully saturated rings. The maximum Gasteiger partial charge on any atom is 0.354 e. The zero-order valence-electron chi connectivity index (χ0n) is 16.5. The summed E-state index contributed by atoms with van der Waals surface area (Å²) in [6, 6.07) is -0.710. The van der Waals surface area contributed by atoms with Crippen LogP contribution in [0, 0.1) is 0 Å². The molecule has 1 aromatic carbocycles. The molecule has 0 saturated heterocycles. The van der Waals surface area contributed by atoms with E-state index in [-0.39, 0.29) is 9.63 Å². The van der Waals surface area contributed by atoms with E-state index >= 15 is 0 Å². The molecule has 0 bridgehead atoms. The number of fused-ring (bicyclic) bond motifs is 2. The van der Waals surface area contributed by atoms with Crippen LogP contribution in [0.25, 0.3) is 0 Å². The third kappa shape index (κ3) is 4.01. The summed E-state index contributed by atoms with van der Waals surface area (Å²) >= 11 is 4.89. The number of halogens is 1. The fraction of sp³-hybridized carbons (Fsp3) is 0.579. The van der Waals surface area contributed by atoms with Crippen molar-refractivity contribution in [3.63, 3.8) is 0 Å². The Bertz CT molecular complexity index is 1000. The molecule has 2 amide bonds. The molecule has 1 heterocycles. The monoisotopic (exact) mass is 500 g/mol. The first-order valence-corrected chi connectivity index (χ1v) is 13.0. The molecule has 158 valence electrons. The molecule has 4 N–H and O–H groups in total. The van der Waals surface area contributed by atoms with Crippen molar-refractivity contribution in [3.8, 4) is 0 Å². The summed E-state index contributed by atoms with van der Waals surface area (Å²) in [5, 5.41) is 18.7. The molecule has 2 aliphatic carbocycles. The number of nitrogens with zero attached hydrogens (tertiary/aromatic N) is 2. The van der Waals surface area contributed by atoms with E-state index in [4.69, 9.17) is 5.14 Å². The van der Waals surface area contributed by atoms with E-state index < -0.39 is 21.5 Å². The molecule has 0 spiro atoms. The summed E-state index contributed by atoms with van der Waals surface area (Å²) in [5.41, 5.74) is 4.66. The van der Waals surface area contributed by atoms with E-state index in [1.165, 1.54) is 15.6 Å². The number of hydrogen-bond donors (Lipinski definition) is 3. The molecule has 2 unspecified atom stereocenters. The van der Waals surface area contributed by atoms with Crippen molar-refractivity contribution in [2.75, 3.05) is 11.9 Å². The topological polar surface area (TPSA) is 117 Å². The van der Waals surface area contributed by atoms with E-state index in [9.17, 15) is 14.1 Å². The second-order valence-electron chi connectivity index (χ2n) is 8.27. The molecule has 0 radical (unpaired) electrons. The van der Waals surface area contributed by atoms with Gasteiger partial charge in [-0.1, -0.05) is 27.7 Å². The zero-order valence-corrected chi connectivity index (χ0v) is 19.7. The van der Waals surface area contributed by atoms with Crippen LogP contribution in [0.2, 0.25) is 0 Å². The average Bonchev–Trinajstić information content (AvgIpc) is 3.37. The Morgan fingerprint density at radius 3 is 2.31 bits per heavy atom. The normalized spacial score (nSPS) is 22.7. The van der Waals surface area contributed by atoms with Crippen LogP contribution in [0.3, 0.4) is 0 Å². The van der Waals surface area contributed by atoms with Crippen molar-refractivity contribution in [1.29, 1.82) is 0 Å². The average molecular weight is 501 g/mol. The number of benzene rings is 1. The number of thioether (sulfide) groups is 1. The largest absolute Gasteiger partial charge is 0.389 e. The van der Waals surface area contributed by atoms with Gasteiger partial charge in [-0.25, -0.2) is 14.1 Å². The molecule has 2 atom stereocenters. The first-order chi connectivity index (χ1) is 13.6. The van der Waals surface area contributed by atoms with Crippen molar-refractivity contribution >= 4 is 53.7 Å². The smallest absolute Gasteiger partial charge is 0.354 e. The maximum absolute atomic E-state index is 12.9. The first kappa shape index (κ1) is 21.3. The first-order valence-electron chi connectivity index (χ1n) is 9.72. The maximum atomic E-state index is 12.9. The Labute approximate surface area is 183 Å². The third-order valence-corrected chi connectivity index (χ3v) is 10.1. The Kier molecular flexibility index (Phi) is 5.61. The summed E-state index contributed by atoms with van der Waals surface area (Å²) in [7, 11) is -3.45. The lowest BCUT2D eigenvalue weighted by atomic mass is 9.99. The van der Waals surface area contributed by atoms with E-state index in [1.54, 1.807) is 13.8 Å². The number of urea groups is 1. The highest BCUT2D eigenvalue weighted by Crippen LogP contribution is 2.44.